The first-order chi connectivity index (χ1) is 8.45. The maximum Gasteiger partial charge on any atom is 0.327 e. The van der Waals surface area contributed by atoms with Gasteiger partial charge in [0.25, 0.3) is 11.5 Å². The molecule has 0 fully saturated rings. The van der Waals surface area contributed by atoms with Gasteiger partial charge < -0.3 is 10.4 Å². The number of carbonyl (C=O) groups excluding carboxylic acids is 1. The first-order valence-electron chi connectivity index (χ1n) is 4.97. The monoisotopic (exact) mass is 249 g/mol. The van der Waals surface area contributed by atoms with E-state index in [1.54, 1.807) is 0 Å². The molecule has 1 unspecified atom stereocenters. The molecule has 18 heavy (non-hydrogen) atoms. The van der Waals surface area contributed by atoms with Crippen molar-refractivity contribution in [2.24, 2.45) is 7.05 Å². The third kappa shape index (κ3) is 3.18. The van der Waals surface area contributed by atoms with E-state index < -0.39 is 17.9 Å². The molecule has 7 nitrogen and oxygen atoms in total. The molecule has 0 saturated heterocycles. The number of aryl methyl sites for hydroxylation is 1. The molecule has 0 radical (unpaired) electrons. The Morgan fingerprint density at radius 2 is 2.28 bits per heavy atom. The number of carboxylic acids is 1. The third-order valence-corrected chi connectivity index (χ3v) is 2.12. The van der Waals surface area contributed by atoms with Crippen molar-refractivity contribution in [1.82, 2.24) is 15.1 Å². The van der Waals surface area contributed by atoms with Crippen LogP contribution in [0.4, 0.5) is 0 Å². The van der Waals surface area contributed by atoms with Crippen molar-refractivity contribution in [3.8, 4) is 12.3 Å². The van der Waals surface area contributed by atoms with Crippen molar-refractivity contribution in [1.29, 1.82) is 0 Å². The zero-order valence-electron chi connectivity index (χ0n) is 9.58. The Bertz CT molecular complexity index is 570. The average molecular weight is 249 g/mol. The summed E-state index contributed by atoms with van der Waals surface area (Å²) < 4.78 is 0.978. The molecule has 7 heteroatoms. The third-order valence-electron chi connectivity index (χ3n) is 2.12. The SMILES string of the molecule is C#CCC(NC(=O)c1ccc(=O)n(C)n1)C(=O)O. The minimum atomic E-state index is -1.23. The van der Waals surface area contributed by atoms with Crippen molar-refractivity contribution >= 4 is 11.9 Å². The smallest absolute Gasteiger partial charge is 0.327 e. The highest BCUT2D eigenvalue weighted by Crippen LogP contribution is 1.95. The highest BCUT2D eigenvalue weighted by Gasteiger charge is 2.20. The second-order valence-corrected chi connectivity index (χ2v) is 3.45. The lowest BCUT2D eigenvalue weighted by Crippen LogP contribution is -2.41. The minimum absolute atomic E-state index is 0.0552. The van der Waals surface area contributed by atoms with E-state index in [1.807, 2.05) is 0 Å². The van der Waals surface area contributed by atoms with Gasteiger partial charge in [-0.05, 0) is 6.07 Å². The van der Waals surface area contributed by atoms with Gasteiger partial charge >= 0.3 is 5.97 Å². The molecule has 94 valence electrons. The zero-order valence-corrected chi connectivity index (χ0v) is 9.58. The summed E-state index contributed by atoms with van der Waals surface area (Å²) in [6.45, 7) is 0. The minimum Gasteiger partial charge on any atom is -0.480 e. The predicted molar refractivity (Wildman–Crippen MR) is 61.8 cm³/mol. The van der Waals surface area contributed by atoms with E-state index in [4.69, 9.17) is 11.5 Å². The highest BCUT2D eigenvalue weighted by molar-refractivity contribution is 5.94. The fourth-order valence-electron chi connectivity index (χ4n) is 1.17. The van der Waals surface area contributed by atoms with E-state index >= 15 is 0 Å². The summed E-state index contributed by atoms with van der Waals surface area (Å²) in [6.07, 6.45) is 4.87. The molecule has 1 aromatic rings. The normalized spacial score (nSPS) is 11.3. The standard InChI is InChI=1S/C11H11N3O4/c1-3-4-8(11(17)18)12-10(16)7-5-6-9(15)14(2)13-7/h1,5-6,8H,4H2,2H3,(H,12,16)(H,17,18). The molecular weight excluding hydrogens is 238 g/mol. The molecule has 0 saturated carbocycles. The number of terminal acetylenes is 1. The fourth-order valence-corrected chi connectivity index (χ4v) is 1.17. The molecule has 0 aliphatic heterocycles. The number of hydrogen-bond acceptors (Lipinski definition) is 4. The summed E-state index contributed by atoms with van der Waals surface area (Å²) in [7, 11) is 1.38. The molecule has 1 amide bonds. The predicted octanol–water partition coefficient (Wildman–Crippen LogP) is -1.01. The van der Waals surface area contributed by atoms with Gasteiger partial charge in [-0.15, -0.1) is 12.3 Å². The molecule has 0 spiro atoms. The number of amides is 1. The van der Waals surface area contributed by atoms with Crippen molar-refractivity contribution < 1.29 is 14.7 Å². The first kappa shape index (κ1) is 13.4. The van der Waals surface area contributed by atoms with Crippen LogP contribution in [0.25, 0.3) is 0 Å². The summed E-state index contributed by atoms with van der Waals surface area (Å²) >= 11 is 0. The van der Waals surface area contributed by atoms with Crippen LogP contribution in [0, 0.1) is 12.3 Å². The van der Waals surface area contributed by atoms with E-state index in [0.29, 0.717) is 0 Å². The van der Waals surface area contributed by atoms with E-state index in [1.165, 1.54) is 19.2 Å². The van der Waals surface area contributed by atoms with Crippen LogP contribution < -0.4 is 10.9 Å². The topological polar surface area (TPSA) is 101 Å². The second-order valence-electron chi connectivity index (χ2n) is 3.45. The second kappa shape index (κ2) is 5.63. The summed E-state index contributed by atoms with van der Waals surface area (Å²) in [4.78, 5) is 33.5. The van der Waals surface area contributed by atoms with E-state index in [9.17, 15) is 14.4 Å². The van der Waals surface area contributed by atoms with Gasteiger partial charge in [0.2, 0.25) is 0 Å². The molecule has 0 aromatic carbocycles. The molecule has 1 aromatic heterocycles. The lowest BCUT2D eigenvalue weighted by Gasteiger charge is -2.11. The van der Waals surface area contributed by atoms with Crippen LogP contribution in [-0.2, 0) is 11.8 Å². The number of aliphatic carboxylic acids is 1. The molecule has 0 bridgehead atoms. The molecule has 2 N–H and O–H groups in total. The van der Waals surface area contributed by atoms with Crippen molar-refractivity contribution in [3.05, 3.63) is 28.2 Å². The summed E-state index contributed by atoms with van der Waals surface area (Å²) in [5.41, 5.74) is -0.426. The highest BCUT2D eigenvalue weighted by atomic mass is 16.4. The van der Waals surface area contributed by atoms with Crippen LogP contribution in [-0.4, -0.2) is 32.8 Å². The van der Waals surface area contributed by atoms with Crippen LogP contribution >= 0.6 is 0 Å². The zero-order chi connectivity index (χ0) is 13.7. The lowest BCUT2D eigenvalue weighted by molar-refractivity contribution is -0.139. The fraction of sp³-hybridized carbons (Fsp3) is 0.273. The van der Waals surface area contributed by atoms with Crippen LogP contribution in [0.3, 0.4) is 0 Å². The molecule has 1 atom stereocenters. The Morgan fingerprint density at radius 3 is 2.78 bits per heavy atom. The number of carboxylic acid groups (broad SMARTS) is 1. The van der Waals surface area contributed by atoms with E-state index in [0.717, 1.165) is 4.68 Å². The summed E-state index contributed by atoms with van der Waals surface area (Å²) in [5.74, 6) is 0.224. The molecule has 1 heterocycles. The van der Waals surface area contributed by atoms with Crippen LogP contribution in [0.1, 0.15) is 16.9 Å². The van der Waals surface area contributed by atoms with Gasteiger partial charge in [0.05, 0.1) is 0 Å². The van der Waals surface area contributed by atoms with Crippen LogP contribution in [0.5, 0.6) is 0 Å². The van der Waals surface area contributed by atoms with Crippen molar-refractivity contribution in [3.63, 3.8) is 0 Å². The van der Waals surface area contributed by atoms with Crippen molar-refractivity contribution in [2.45, 2.75) is 12.5 Å². The maximum absolute atomic E-state index is 11.7. The van der Waals surface area contributed by atoms with E-state index in [-0.39, 0.29) is 17.7 Å². The van der Waals surface area contributed by atoms with Gasteiger partial charge in [0, 0.05) is 19.5 Å². The van der Waals surface area contributed by atoms with Gasteiger partial charge in [0.15, 0.2) is 0 Å². The number of aromatic nitrogens is 2. The number of carbonyl (C=O) groups is 2. The Labute approximate surface area is 102 Å². The van der Waals surface area contributed by atoms with Crippen molar-refractivity contribution in [2.75, 3.05) is 0 Å². The van der Waals surface area contributed by atoms with Crippen LogP contribution in [0.15, 0.2) is 16.9 Å². The summed E-state index contributed by atoms with van der Waals surface area (Å²) in [6, 6.07) is 1.20. The molecule has 0 aliphatic rings. The van der Waals surface area contributed by atoms with Gasteiger partial charge in [-0.2, -0.15) is 5.10 Å². The quantitative estimate of drug-likeness (QED) is 0.665. The van der Waals surface area contributed by atoms with Gasteiger partial charge in [-0.25, -0.2) is 9.48 Å². The maximum atomic E-state index is 11.7. The van der Waals surface area contributed by atoms with Gasteiger partial charge in [0.1, 0.15) is 11.7 Å². The number of rotatable bonds is 4. The first-order valence-corrected chi connectivity index (χ1v) is 4.97. The summed E-state index contributed by atoms with van der Waals surface area (Å²) in [5, 5.41) is 14.7. The van der Waals surface area contributed by atoms with Gasteiger partial charge in [-0.1, -0.05) is 0 Å². The Kier molecular flexibility index (Phi) is 4.21. The largest absolute Gasteiger partial charge is 0.480 e. The lowest BCUT2D eigenvalue weighted by atomic mass is 10.2. The van der Waals surface area contributed by atoms with E-state index in [2.05, 4.69) is 16.3 Å². The Morgan fingerprint density at radius 1 is 1.61 bits per heavy atom. The number of nitrogens with zero attached hydrogens (tertiary/aromatic N) is 2. The van der Waals surface area contributed by atoms with Gasteiger partial charge in [-0.3, -0.25) is 9.59 Å². The molecular formula is C11H11N3O4. The molecule has 1 rings (SSSR count). The average Bonchev–Trinajstić information content (AvgIpc) is 2.31. The Hall–Kier alpha value is -2.62. The number of nitrogens with one attached hydrogen (secondary N) is 1. The van der Waals surface area contributed by atoms with Crippen LogP contribution in [0.2, 0.25) is 0 Å². The Balaban J connectivity index is 2.87. The molecule has 0 aliphatic carbocycles. The number of hydrogen-bond donors (Lipinski definition) is 2.